The number of carbonyl (C=O) groups is 4. The zero-order valence-corrected chi connectivity index (χ0v) is 22.1. The molecule has 3 amide bonds. The quantitative estimate of drug-likeness (QED) is 0.189. The zero-order valence-electron chi connectivity index (χ0n) is 21.3. The SMILES string of the molecule is N[C@@H](CO)C(=O)NOC(=O)[C@H](CCc1ccccc1)NC(=O)c1ccc(C(=O)NCc2cccc(O)c2)cc1Cl. The Hall–Kier alpha value is -4.45. The van der Waals surface area contributed by atoms with Gasteiger partial charge in [0.1, 0.15) is 17.8 Å². The van der Waals surface area contributed by atoms with Crippen LogP contribution in [0, 0.1) is 0 Å². The summed E-state index contributed by atoms with van der Waals surface area (Å²) in [5.74, 6) is -2.94. The van der Waals surface area contributed by atoms with Crippen molar-refractivity contribution in [3.8, 4) is 5.75 Å². The van der Waals surface area contributed by atoms with Crippen molar-refractivity contribution in [2.75, 3.05) is 6.61 Å². The highest BCUT2D eigenvalue weighted by atomic mass is 35.5. The average molecular weight is 569 g/mol. The number of hydroxylamine groups is 1. The number of aromatic hydroxyl groups is 1. The summed E-state index contributed by atoms with van der Waals surface area (Å²) in [4.78, 5) is 54.9. The van der Waals surface area contributed by atoms with Gasteiger partial charge in [-0.3, -0.25) is 14.4 Å². The Balaban J connectivity index is 1.67. The molecule has 7 N–H and O–H groups in total. The van der Waals surface area contributed by atoms with Gasteiger partial charge in [0.25, 0.3) is 17.7 Å². The van der Waals surface area contributed by atoms with Gasteiger partial charge < -0.3 is 31.4 Å². The summed E-state index contributed by atoms with van der Waals surface area (Å²) >= 11 is 6.31. The first-order valence-corrected chi connectivity index (χ1v) is 12.6. The molecule has 0 aliphatic rings. The first-order valence-electron chi connectivity index (χ1n) is 12.3. The molecule has 0 aliphatic carbocycles. The van der Waals surface area contributed by atoms with Crippen LogP contribution in [0.3, 0.4) is 0 Å². The number of aliphatic hydroxyl groups is 1. The fourth-order valence-electron chi connectivity index (χ4n) is 3.56. The van der Waals surface area contributed by atoms with Crippen LogP contribution in [0.2, 0.25) is 5.02 Å². The van der Waals surface area contributed by atoms with Gasteiger partial charge in [0, 0.05) is 12.1 Å². The van der Waals surface area contributed by atoms with Gasteiger partial charge in [0.05, 0.1) is 17.2 Å². The van der Waals surface area contributed by atoms with E-state index in [0.717, 1.165) is 5.56 Å². The minimum atomic E-state index is -1.29. The van der Waals surface area contributed by atoms with Gasteiger partial charge in [-0.2, -0.15) is 5.48 Å². The van der Waals surface area contributed by atoms with Crippen LogP contribution >= 0.6 is 11.6 Å². The van der Waals surface area contributed by atoms with E-state index in [4.69, 9.17) is 27.3 Å². The second-order valence-corrected chi connectivity index (χ2v) is 9.18. The molecule has 2 atom stereocenters. The van der Waals surface area contributed by atoms with Gasteiger partial charge in [-0.15, -0.1) is 0 Å². The van der Waals surface area contributed by atoms with Crippen LogP contribution in [0.1, 0.15) is 38.3 Å². The standard InChI is InChI=1S/C28H29ClN4O7/c29-22-14-19(25(36)31-15-18-7-4-8-20(35)13-18)10-11-21(22)26(37)32-24(12-9-17-5-2-1-3-6-17)28(39)40-33-27(38)23(30)16-34/h1-8,10-11,13-14,23-24,34-35H,9,12,15-16,30H2,(H,31,36)(H,32,37)(H,33,38)/t23-,24-/m0/s1. The Morgan fingerprint density at radius 1 is 0.925 bits per heavy atom. The molecule has 12 heteroatoms. The highest BCUT2D eigenvalue weighted by Crippen LogP contribution is 2.19. The monoisotopic (exact) mass is 568 g/mol. The summed E-state index contributed by atoms with van der Waals surface area (Å²) in [6.07, 6.45) is 0.528. The summed E-state index contributed by atoms with van der Waals surface area (Å²) in [7, 11) is 0. The van der Waals surface area contributed by atoms with E-state index < -0.39 is 42.4 Å². The van der Waals surface area contributed by atoms with Crippen molar-refractivity contribution in [3.63, 3.8) is 0 Å². The van der Waals surface area contributed by atoms with E-state index in [2.05, 4.69) is 10.6 Å². The van der Waals surface area contributed by atoms with Gasteiger partial charge in [-0.25, -0.2) is 4.79 Å². The van der Waals surface area contributed by atoms with Gasteiger partial charge in [0.2, 0.25) is 0 Å². The number of carbonyl (C=O) groups excluding carboxylic acids is 4. The van der Waals surface area contributed by atoms with Crippen LogP contribution in [0.15, 0.2) is 72.8 Å². The lowest BCUT2D eigenvalue weighted by molar-refractivity contribution is -0.161. The third kappa shape index (κ3) is 8.80. The molecule has 0 saturated carbocycles. The Morgan fingerprint density at radius 2 is 1.65 bits per heavy atom. The van der Waals surface area contributed by atoms with Crippen molar-refractivity contribution in [1.82, 2.24) is 16.1 Å². The normalized spacial score (nSPS) is 12.1. The summed E-state index contributed by atoms with van der Waals surface area (Å²) in [5, 5.41) is 23.8. The number of amides is 3. The number of hydrogen-bond donors (Lipinski definition) is 6. The van der Waals surface area contributed by atoms with Crippen LogP contribution in [-0.4, -0.2) is 52.6 Å². The van der Waals surface area contributed by atoms with Crippen LogP contribution in [-0.2, 0) is 27.4 Å². The van der Waals surface area contributed by atoms with Gasteiger partial charge in [-0.05, 0) is 54.3 Å². The summed E-state index contributed by atoms with van der Waals surface area (Å²) in [6, 6.07) is 17.3. The van der Waals surface area contributed by atoms with Gasteiger partial charge in [-0.1, -0.05) is 54.1 Å². The third-order valence-electron chi connectivity index (χ3n) is 5.78. The molecule has 0 aliphatic heterocycles. The van der Waals surface area contributed by atoms with E-state index in [1.807, 2.05) is 35.8 Å². The highest BCUT2D eigenvalue weighted by Gasteiger charge is 2.26. The minimum absolute atomic E-state index is 0.00930. The first-order chi connectivity index (χ1) is 19.2. The molecule has 11 nitrogen and oxygen atoms in total. The molecule has 0 spiro atoms. The van der Waals surface area contributed by atoms with E-state index in [-0.39, 0.29) is 34.9 Å². The predicted octanol–water partition coefficient (Wildman–Crippen LogP) is 1.60. The molecule has 0 aromatic heterocycles. The smallest absolute Gasteiger partial charge is 0.354 e. The highest BCUT2D eigenvalue weighted by molar-refractivity contribution is 6.34. The summed E-state index contributed by atoms with van der Waals surface area (Å²) in [6.45, 7) is -0.488. The molecular formula is C28H29ClN4O7. The number of halogens is 1. The number of nitrogens with one attached hydrogen (secondary N) is 3. The largest absolute Gasteiger partial charge is 0.508 e. The van der Waals surface area contributed by atoms with Crippen LogP contribution in [0.4, 0.5) is 0 Å². The Bertz CT molecular complexity index is 1350. The number of phenols is 1. The molecular weight excluding hydrogens is 540 g/mol. The molecule has 0 saturated heterocycles. The van der Waals surface area contributed by atoms with Crippen LogP contribution in [0.25, 0.3) is 0 Å². The molecule has 0 heterocycles. The lowest BCUT2D eigenvalue weighted by atomic mass is 10.0. The number of hydrogen-bond acceptors (Lipinski definition) is 8. The van der Waals surface area contributed by atoms with E-state index in [0.29, 0.717) is 12.0 Å². The van der Waals surface area contributed by atoms with Crippen molar-refractivity contribution >= 4 is 35.3 Å². The van der Waals surface area contributed by atoms with Crippen molar-refractivity contribution < 1.29 is 34.2 Å². The second-order valence-electron chi connectivity index (χ2n) is 8.77. The number of aryl methyl sites for hydroxylation is 1. The Morgan fingerprint density at radius 3 is 2.33 bits per heavy atom. The molecule has 0 bridgehead atoms. The molecule has 40 heavy (non-hydrogen) atoms. The number of benzene rings is 3. The fraction of sp³-hybridized carbons (Fsp3) is 0.214. The van der Waals surface area contributed by atoms with Crippen molar-refractivity contribution in [1.29, 1.82) is 0 Å². The third-order valence-corrected chi connectivity index (χ3v) is 6.09. The molecule has 3 aromatic rings. The maximum absolute atomic E-state index is 13.0. The van der Waals surface area contributed by atoms with Crippen LogP contribution in [0.5, 0.6) is 5.75 Å². The van der Waals surface area contributed by atoms with Crippen LogP contribution < -0.4 is 21.8 Å². The van der Waals surface area contributed by atoms with Gasteiger partial charge in [0.15, 0.2) is 0 Å². The maximum atomic E-state index is 13.0. The molecule has 0 unspecified atom stereocenters. The average Bonchev–Trinajstić information content (AvgIpc) is 2.96. The molecule has 3 aromatic carbocycles. The Kier molecular flexibility index (Phi) is 11.0. The topological polar surface area (TPSA) is 180 Å². The van der Waals surface area contributed by atoms with Crippen molar-refractivity contribution in [3.05, 3.63) is 100 Å². The summed E-state index contributed by atoms with van der Waals surface area (Å²) < 4.78 is 0. The van der Waals surface area contributed by atoms with Crippen molar-refractivity contribution in [2.45, 2.75) is 31.5 Å². The minimum Gasteiger partial charge on any atom is -0.508 e. The second kappa shape index (κ2) is 14.6. The maximum Gasteiger partial charge on any atom is 0.354 e. The van der Waals surface area contributed by atoms with E-state index in [1.165, 1.54) is 30.3 Å². The summed E-state index contributed by atoms with van der Waals surface area (Å²) in [5.41, 5.74) is 9.08. The molecule has 210 valence electrons. The number of rotatable bonds is 11. The lowest BCUT2D eigenvalue weighted by Crippen LogP contribution is -2.48. The Labute approximate surface area is 235 Å². The lowest BCUT2D eigenvalue weighted by Gasteiger charge is -2.18. The molecule has 0 fully saturated rings. The predicted molar refractivity (Wildman–Crippen MR) is 146 cm³/mol. The molecule has 0 radical (unpaired) electrons. The fourth-order valence-corrected chi connectivity index (χ4v) is 3.83. The first kappa shape index (κ1) is 30.1. The van der Waals surface area contributed by atoms with E-state index in [1.54, 1.807) is 12.1 Å². The number of phenolic OH excluding ortho intramolecular Hbond substituents is 1. The number of aliphatic hydroxyl groups excluding tert-OH is 1. The molecule has 3 rings (SSSR count). The van der Waals surface area contributed by atoms with E-state index >= 15 is 0 Å². The van der Waals surface area contributed by atoms with Gasteiger partial charge >= 0.3 is 5.97 Å². The number of nitrogens with two attached hydrogens (primary N) is 1. The zero-order chi connectivity index (χ0) is 29.1. The van der Waals surface area contributed by atoms with E-state index in [9.17, 15) is 24.3 Å². The van der Waals surface area contributed by atoms with Crippen molar-refractivity contribution in [2.24, 2.45) is 5.73 Å².